The van der Waals surface area contributed by atoms with Crippen LogP contribution in [-0.4, -0.2) is 100 Å². The minimum absolute atomic E-state index is 0.0126. The molecule has 3 aliphatic rings. The summed E-state index contributed by atoms with van der Waals surface area (Å²) in [5, 5.41) is 56.8. The Bertz CT molecular complexity index is 1360. The molecule has 1 aromatic carbocycles. The number of benzene rings is 1. The first-order valence-electron chi connectivity index (χ1n) is 12.3. The lowest BCUT2D eigenvalue weighted by Crippen LogP contribution is -2.65. The lowest BCUT2D eigenvalue weighted by atomic mass is 9.57. The van der Waals surface area contributed by atoms with Gasteiger partial charge in [0.05, 0.1) is 18.2 Å². The number of rotatable bonds is 7. The molecule has 1 fully saturated rings. The molecule has 1 amide bonds. The number of carbonyl (C=O) groups excluding carboxylic acids is 3. The van der Waals surface area contributed by atoms with E-state index in [0.29, 0.717) is 11.3 Å². The zero-order valence-electron chi connectivity index (χ0n) is 22.0. The Morgan fingerprint density at radius 2 is 1.79 bits per heavy atom. The molecule has 3 aliphatic carbocycles. The van der Waals surface area contributed by atoms with E-state index in [1.54, 1.807) is 25.1 Å². The molecule has 4 atom stereocenters. The number of carboxylic acid groups (broad SMARTS) is 1. The van der Waals surface area contributed by atoms with Crippen LogP contribution in [0.4, 0.5) is 5.69 Å². The summed E-state index contributed by atoms with van der Waals surface area (Å²) in [6.07, 6.45) is 0.139. The number of nitrogens with two attached hydrogens (primary N) is 1. The maximum atomic E-state index is 13.9. The van der Waals surface area contributed by atoms with Gasteiger partial charge in [-0.3, -0.25) is 24.1 Å². The number of aliphatic carboxylic acids is 1. The van der Waals surface area contributed by atoms with Gasteiger partial charge in [-0.1, -0.05) is 0 Å². The fourth-order valence-electron chi connectivity index (χ4n) is 6.18. The number of hydrogen-bond donors (Lipinski definition) is 7. The number of aliphatic hydroxyl groups is 3. The predicted octanol–water partition coefficient (Wildman–Crippen LogP) is -0.796. The van der Waals surface area contributed by atoms with Crippen LogP contribution >= 0.6 is 0 Å². The average molecular weight is 545 g/mol. The number of aromatic hydroxyl groups is 1. The molecule has 0 aliphatic heterocycles. The van der Waals surface area contributed by atoms with E-state index in [1.165, 1.54) is 19.0 Å². The maximum absolute atomic E-state index is 13.9. The van der Waals surface area contributed by atoms with Crippen LogP contribution in [0.3, 0.4) is 0 Å². The number of Topliss-reactive ketones (excluding diaryl/α,β-unsaturated/α-hetero) is 2. The van der Waals surface area contributed by atoms with Crippen molar-refractivity contribution in [2.24, 2.45) is 17.6 Å². The third-order valence-corrected chi connectivity index (χ3v) is 7.85. The molecule has 8 N–H and O–H groups in total. The van der Waals surface area contributed by atoms with Gasteiger partial charge in [0.25, 0.3) is 5.91 Å². The lowest BCUT2D eigenvalue weighted by molar-refractivity contribution is -0.153. The first-order chi connectivity index (χ1) is 18.1. The molecule has 0 bridgehead atoms. The van der Waals surface area contributed by atoms with Crippen LogP contribution in [0.1, 0.15) is 23.1 Å². The number of anilines is 1. The Balaban J connectivity index is 1.94. The zero-order valence-corrected chi connectivity index (χ0v) is 22.0. The lowest BCUT2D eigenvalue weighted by Gasteiger charge is -2.50. The molecular weight excluding hydrogens is 512 g/mol. The molecule has 0 saturated heterocycles. The third kappa shape index (κ3) is 4.13. The fourth-order valence-corrected chi connectivity index (χ4v) is 6.18. The highest BCUT2D eigenvalue weighted by Crippen LogP contribution is 2.54. The predicted molar refractivity (Wildman–Crippen MR) is 138 cm³/mol. The number of fused-ring (bicyclic) bond motifs is 3. The molecule has 1 saturated carbocycles. The smallest absolute Gasteiger partial charge is 0.317 e. The molecule has 210 valence electrons. The number of ketones is 2. The number of primary amides is 1. The van der Waals surface area contributed by atoms with Crippen molar-refractivity contribution in [2.75, 3.05) is 39.6 Å². The van der Waals surface area contributed by atoms with E-state index >= 15 is 0 Å². The van der Waals surface area contributed by atoms with Gasteiger partial charge < -0.3 is 41.5 Å². The Labute approximate surface area is 223 Å². The van der Waals surface area contributed by atoms with Gasteiger partial charge in [0.1, 0.15) is 22.8 Å². The van der Waals surface area contributed by atoms with E-state index in [-0.39, 0.29) is 48.4 Å². The second-order valence-corrected chi connectivity index (χ2v) is 10.6. The summed E-state index contributed by atoms with van der Waals surface area (Å²) in [6.45, 7) is -0.439. The van der Waals surface area contributed by atoms with Crippen LogP contribution in [0.5, 0.6) is 5.75 Å². The summed E-state index contributed by atoms with van der Waals surface area (Å²) in [5.74, 6) is -8.29. The highest BCUT2D eigenvalue weighted by atomic mass is 16.4. The number of likely N-dealkylation sites (N-methyl/N-ethyl adjacent to an activating group) is 1. The summed E-state index contributed by atoms with van der Waals surface area (Å²) in [4.78, 5) is 53.3. The minimum atomic E-state index is -2.72. The summed E-state index contributed by atoms with van der Waals surface area (Å²) in [6, 6.07) is 0.495. The highest BCUT2D eigenvalue weighted by molar-refractivity contribution is 6.24. The molecule has 4 rings (SSSR count). The van der Waals surface area contributed by atoms with Crippen molar-refractivity contribution < 1.29 is 44.7 Å². The molecule has 0 spiro atoms. The number of phenolic OH excluding ortho intramolecular Hbond substituents is 1. The van der Waals surface area contributed by atoms with Crippen molar-refractivity contribution in [1.82, 2.24) is 10.2 Å². The molecule has 0 aromatic heterocycles. The number of hydrogen-bond acceptors (Lipinski definition) is 11. The molecule has 13 heteroatoms. The maximum Gasteiger partial charge on any atom is 0.317 e. The van der Waals surface area contributed by atoms with Crippen LogP contribution in [-0.2, 0) is 32.1 Å². The van der Waals surface area contributed by atoms with Gasteiger partial charge in [0.2, 0.25) is 5.78 Å². The van der Waals surface area contributed by atoms with Crippen molar-refractivity contribution in [3.05, 3.63) is 39.7 Å². The average Bonchev–Trinajstić information content (AvgIpc) is 2.81. The number of carbonyl (C=O) groups is 4. The van der Waals surface area contributed by atoms with Crippen LogP contribution in [0.15, 0.2) is 23.0 Å². The highest BCUT2D eigenvalue weighted by Gasteiger charge is 2.64. The van der Waals surface area contributed by atoms with Crippen molar-refractivity contribution in [2.45, 2.75) is 31.0 Å². The molecule has 39 heavy (non-hydrogen) atoms. The molecule has 0 heterocycles. The van der Waals surface area contributed by atoms with Crippen molar-refractivity contribution in [1.29, 1.82) is 0 Å². The zero-order chi connectivity index (χ0) is 29.1. The standard InChI is InChI=1S/C26H32N4O9/c1-29(2)14-7-11(8-28-9-15(31)32)20(33)17-12(14)5-10-6-13-19(30(3)4)22(35)18(25(27)38)24(37)26(13,39)23(36)16(10)21(17)34/h7,10,13,19,28,33-34,37,39H,5-6,8-9H2,1-4H3,(H2,27,38)(H,31,32)/t10-,13-,19-,26-/m0/s1. The Morgan fingerprint density at radius 1 is 1.15 bits per heavy atom. The van der Waals surface area contributed by atoms with E-state index in [4.69, 9.17) is 10.8 Å². The van der Waals surface area contributed by atoms with Crippen molar-refractivity contribution in [3.63, 3.8) is 0 Å². The van der Waals surface area contributed by atoms with Crippen LogP contribution in [0.2, 0.25) is 0 Å². The second-order valence-electron chi connectivity index (χ2n) is 10.6. The largest absolute Gasteiger partial charge is 0.508 e. The number of amides is 1. The van der Waals surface area contributed by atoms with Crippen LogP contribution < -0.4 is 16.0 Å². The summed E-state index contributed by atoms with van der Waals surface area (Å²) in [5.41, 5.74) is 2.83. The van der Waals surface area contributed by atoms with Crippen molar-refractivity contribution in [3.8, 4) is 5.75 Å². The van der Waals surface area contributed by atoms with E-state index in [9.17, 15) is 39.6 Å². The summed E-state index contributed by atoms with van der Waals surface area (Å²) in [7, 11) is 6.57. The Hall–Kier alpha value is -3.94. The first kappa shape index (κ1) is 28.1. The van der Waals surface area contributed by atoms with Crippen LogP contribution in [0.25, 0.3) is 5.76 Å². The molecule has 13 nitrogen and oxygen atoms in total. The van der Waals surface area contributed by atoms with Crippen LogP contribution in [0, 0.1) is 11.8 Å². The van der Waals surface area contributed by atoms with Gasteiger partial charge in [0, 0.05) is 43.4 Å². The van der Waals surface area contributed by atoms with E-state index < -0.39 is 64.0 Å². The normalized spacial score (nSPS) is 26.4. The minimum Gasteiger partial charge on any atom is -0.508 e. The quantitative estimate of drug-likeness (QED) is 0.210. The third-order valence-electron chi connectivity index (χ3n) is 7.85. The fraction of sp³-hybridized carbons (Fsp3) is 0.462. The van der Waals surface area contributed by atoms with Gasteiger partial charge in [-0.15, -0.1) is 0 Å². The number of carboxylic acids is 1. The number of nitrogens with zero attached hydrogens (tertiary/aromatic N) is 2. The topological polar surface area (TPSA) is 214 Å². The Morgan fingerprint density at radius 3 is 2.33 bits per heavy atom. The number of aliphatic hydroxyl groups excluding tert-OH is 2. The molecule has 0 unspecified atom stereocenters. The van der Waals surface area contributed by atoms with Gasteiger partial charge in [-0.2, -0.15) is 0 Å². The second kappa shape index (κ2) is 9.67. The summed E-state index contributed by atoms with van der Waals surface area (Å²) >= 11 is 0. The monoisotopic (exact) mass is 544 g/mol. The van der Waals surface area contributed by atoms with Gasteiger partial charge in [0.15, 0.2) is 11.4 Å². The van der Waals surface area contributed by atoms with Gasteiger partial charge in [-0.25, -0.2) is 0 Å². The van der Waals surface area contributed by atoms with Gasteiger partial charge >= 0.3 is 5.97 Å². The molecular formula is C26H32N4O9. The molecule has 1 aromatic rings. The van der Waals surface area contributed by atoms with E-state index in [1.807, 2.05) is 0 Å². The van der Waals surface area contributed by atoms with Crippen molar-refractivity contribution >= 4 is 34.9 Å². The first-order valence-corrected chi connectivity index (χ1v) is 12.3. The van der Waals surface area contributed by atoms with E-state index in [2.05, 4.69) is 5.32 Å². The van der Waals surface area contributed by atoms with E-state index in [0.717, 1.165) is 0 Å². The van der Waals surface area contributed by atoms with Gasteiger partial charge in [-0.05, 0) is 44.5 Å². The Kier molecular flexibility index (Phi) is 6.96. The molecule has 0 radical (unpaired) electrons. The number of phenols is 1. The SMILES string of the molecule is CN(C)c1cc(CNCC(=O)O)c(O)c2c1C[C@H]1C[C@H]3[C@H](N(C)C)C(=O)C(C(N)=O)=C(O)[C@@]3(O)C(=O)C1=C2O. The number of nitrogens with one attached hydrogen (secondary N) is 1. The summed E-state index contributed by atoms with van der Waals surface area (Å²) < 4.78 is 0.